The minimum absolute atomic E-state index is 0.235. The molecule has 4 rings (SSSR count). The van der Waals surface area contributed by atoms with Gasteiger partial charge in [0.2, 0.25) is 0 Å². The van der Waals surface area contributed by atoms with Gasteiger partial charge in [-0.15, -0.1) is 23.1 Å². The van der Waals surface area contributed by atoms with E-state index >= 15 is 0 Å². The van der Waals surface area contributed by atoms with Gasteiger partial charge in [0, 0.05) is 29.1 Å². The van der Waals surface area contributed by atoms with E-state index in [2.05, 4.69) is 20.3 Å². The predicted molar refractivity (Wildman–Crippen MR) is 96.6 cm³/mol. The van der Waals surface area contributed by atoms with Crippen molar-refractivity contribution in [2.45, 2.75) is 10.8 Å². The number of halogens is 1. The molecule has 0 N–H and O–H groups in total. The second-order valence-electron chi connectivity index (χ2n) is 5.17. The molecule has 4 aromatic rings. The number of pyridine rings is 1. The van der Waals surface area contributed by atoms with Crippen LogP contribution in [0.3, 0.4) is 0 Å². The van der Waals surface area contributed by atoms with E-state index in [9.17, 15) is 4.39 Å². The first-order valence-electron chi connectivity index (χ1n) is 7.31. The highest BCUT2D eigenvalue weighted by atomic mass is 32.2. The summed E-state index contributed by atoms with van der Waals surface area (Å²) in [5.41, 5.74) is 3.16. The van der Waals surface area contributed by atoms with Crippen LogP contribution in [0.15, 0.2) is 65.5 Å². The second-order valence-corrected chi connectivity index (χ2v) is 6.99. The number of thioether (sulfide) groups is 1. The molecule has 0 fully saturated rings. The van der Waals surface area contributed by atoms with Gasteiger partial charge in [-0.1, -0.05) is 18.2 Å². The molecule has 1 aromatic carbocycles. The third-order valence-corrected chi connectivity index (χ3v) is 5.54. The fourth-order valence-corrected chi connectivity index (χ4v) is 4.36. The van der Waals surface area contributed by atoms with Crippen LogP contribution >= 0.6 is 23.1 Å². The van der Waals surface area contributed by atoms with Crippen LogP contribution in [-0.4, -0.2) is 15.0 Å². The lowest BCUT2D eigenvalue weighted by atomic mass is 10.1. The summed E-state index contributed by atoms with van der Waals surface area (Å²) in [4.78, 5) is 13.9. The van der Waals surface area contributed by atoms with Crippen molar-refractivity contribution in [3.05, 3.63) is 71.9 Å². The van der Waals surface area contributed by atoms with Gasteiger partial charge in [-0.05, 0) is 29.3 Å². The number of hydrogen-bond acceptors (Lipinski definition) is 5. The summed E-state index contributed by atoms with van der Waals surface area (Å²) in [7, 11) is 0. The van der Waals surface area contributed by atoms with Gasteiger partial charge in [0.1, 0.15) is 22.0 Å². The van der Waals surface area contributed by atoms with Gasteiger partial charge in [-0.3, -0.25) is 4.98 Å². The fourth-order valence-electron chi connectivity index (χ4n) is 2.43. The standard InChI is InChI=1S/C18H12FN3S2/c19-14-5-3-13(4-6-14)15-10-24-18-16(15)17(21-11-22-18)23-9-12-2-1-7-20-8-12/h1-8,10-11H,9H2. The lowest BCUT2D eigenvalue weighted by Gasteiger charge is -2.05. The third-order valence-electron chi connectivity index (χ3n) is 3.59. The number of nitrogens with zero attached hydrogens (tertiary/aromatic N) is 3. The van der Waals surface area contributed by atoms with Crippen LogP contribution in [0.25, 0.3) is 21.3 Å². The van der Waals surface area contributed by atoms with Crippen molar-refractivity contribution in [2.24, 2.45) is 0 Å². The minimum Gasteiger partial charge on any atom is -0.264 e. The molecule has 0 radical (unpaired) electrons. The monoisotopic (exact) mass is 353 g/mol. The molecule has 0 atom stereocenters. The minimum atomic E-state index is -0.235. The first-order chi connectivity index (χ1) is 11.8. The molecule has 0 spiro atoms. The van der Waals surface area contributed by atoms with Crippen LogP contribution in [0.2, 0.25) is 0 Å². The van der Waals surface area contributed by atoms with E-state index in [1.165, 1.54) is 12.1 Å². The van der Waals surface area contributed by atoms with Crippen LogP contribution in [0.1, 0.15) is 5.56 Å². The highest BCUT2D eigenvalue weighted by Gasteiger charge is 2.13. The molecule has 0 bridgehead atoms. The first kappa shape index (κ1) is 15.2. The van der Waals surface area contributed by atoms with E-state index in [1.807, 2.05) is 18.3 Å². The lowest BCUT2D eigenvalue weighted by Crippen LogP contribution is -1.88. The quantitative estimate of drug-likeness (QED) is 0.374. The summed E-state index contributed by atoms with van der Waals surface area (Å²) < 4.78 is 13.2. The van der Waals surface area contributed by atoms with Crippen LogP contribution < -0.4 is 0 Å². The Morgan fingerprint density at radius 1 is 1.08 bits per heavy atom. The number of fused-ring (bicyclic) bond motifs is 1. The molecule has 0 aliphatic heterocycles. The van der Waals surface area contributed by atoms with Gasteiger partial charge in [-0.2, -0.15) is 0 Å². The Balaban J connectivity index is 1.73. The Morgan fingerprint density at radius 3 is 2.75 bits per heavy atom. The molecule has 3 heterocycles. The van der Waals surface area contributed by atoms with Crippen LogP contribution in [0.5, 0.6) is 0 Å². The van der Waals surface area contributed by atoms with Gasteiger partial charge >= 0.3 is 0 Å². The molecule has 3 aromatic heterocycles. The maximum Gasteiger partial charge on any atom is 0.128 e. The van der Waals surface area contributed by atoms with Crippen LogP contribution in [0.4, 0.5) is 4.39 Å². The zero-order valence-electron chi connectivity index (χ0n) is 12.5. The number of thiophene rings is 1. The largest absolute Gasteiger partial charge is 0.264 e. The molecule has 0 aliphatic carbocycles. The van der Waals surface area contributed by atoms with Gasteiger partial charge in [-0.25, -0.2) is 14.4 Å². The van der Waals surface area contributed by atoms with E-state index in [1.54, 1.807) is 47.8 Å². The summed E-state index contributed by atoms with van der Waals surface area (Å²) in [6.07, 6.45) is 5.22. The Labute approximate surface area is 146 Å². The SMILES string of the molecule is Fc1ccc(-c2csc3ncnc(SCc4cccnc4)c23)cc1. The Morgan fingerprint density at radius 2 is 1.96 bits per heavy atom. The van der Waals surface area contributed by atoms with Crippen molar-refractivity contribution in [3.8, 4) is 11.1 Å². The van der Waals surface area contributed by atoms with Crippen LogP contribution in [-0.2, 0) is 5.75 Å². The molecule has 118 valence electrons. The highest BCUT2D eigenvalue weighted by molar-refractivity contribution is 7.98. The first-order valence-corrected chi connectivity index (χ1v) is 9.17. The molecular weight excluding hydrogens is 341 g/mol. The zero-order chi connectivity index (χ0) is 16.4. The van der Waals surface area contributed by atoms with Crippen molar-refractivity contribution in [1.29, 1.82) is 0 Å². The number of rotatable bonds is 4. The lowest BCUT2D eigenvalue weighted by molar-refractivity contribution is 0.628. The van der Waals surface area contributed by atoms with E-state index < -0.39 is 0 Å². The summed E-state index contributed by atoms with van der Waals surface area (Å²) in [5, 5.41) is 4.02. The smallest absolute Gasteiger partial charge is 0.128 e. The Kier molecular flexibility index (Phi) is 4.23. The molecule has 0 amide bonds. The second kappa shape index (κ2) is 6.67. The summed E-state index contributed by atoms with van der Waals surface area (Å²) in [6.45, 7) is 0. The topological polar surface area (TPSA) is 38.7 Å². The molecular formula is C18H12FN3S2. The van der Waals surface area contributed by atoms with Gasteiger partial charge in [0.15, 0.2) is 0 Å². The predicted octanol–water partition coefficient (Wildman–Crippen LogP) is 5.18. The highest BCUT2D eigenvalue weighted by Crippen LogP contribution is 2.38. The average Bonchev–Trinajstić information content (AvgIpc) is 3.06. The fraction of sp³-hybridized carbons (Fsp3) is 0.0556. The molecule has 0 saturated heterocycles. The van der Waals surface area contributed by atoms with Crippen molar-refractivity contribution in [3.63, 3.8) is 0 Å². The number of hydrogen-bond donors (Lipinski definition) is 0. The number of aromatic nitrogens is 3. The van der Waals surface area contributed by atoms with E-state index in [-0.39, 0.29) is 5.82 Å². The van der Waals surface area contributed by atoms with Gasteiger partial charge in [0.05, 0.1) is 5.39 Å². The van der Waals surface area contributed by atoms with Crippen molar-refractivity contribution >= 4 is 33.3 Å². The van der Waals surface area contributed by atoms with Crippen molar-refractivity contribution < 1.29 is 4.39 Å². The molecule has 6 heteroatoms. The van der Waals surface area contributed by atoms with E-state index in [0.29, 0.717) is 0 Å². The maximum atomic E-state index is 13.2. The zero-order valence-corrected chi connectivity index (χ0v) is 14.1. The van der Waals surface area contributed by atoms with Gasteiger partial charge < -0.3 is 0 Å². The Hall–Kier alpha value is -2.31. The summed E-state index contributed by atoms with van der Waals surface area (Å²) in [5.74, 6) is 0.555. The molecule has 0 saturated carbocycles. The molecule has 0 unspecified atom stereocenters. The normalized spacial score (nSPS) is 11.0. The Bertz CT molecular complexity index is 969. The molecule has 24 heavy (non-hydrogen) atoms. The molecule has 3 nitrogen and oxygen atoms in total. The van der Waals surface area contributed by atoms with Gasteiger partial charge in [0.25, 0.3) is 0 Å². The van der Waals surface area contributed by atoms with Crippen molar-refractivity contribution in [1.82, 2.24) is 15.0 Å². The van der Waals surface area contributed by atoms with Crippen LogP contribution in [0, 0.1) is 5.82 Å². The summed E-state index contributed by atoms with van der Waals surface area (Å²) >= 11 is 3.24. The molecule has 0 aliphatic rings. The summed E-state index contributed by atoms with van der Waals surface area (Å²) in [6, 6.07) is 10.5. The maximum absolute atomic E-state index is 13.2. The van der Waals surface area contributed by atoms with E-state index in [4.69, 9.17) is 0 Å². The average molecular weight is 353 g/mol. The van der Waals surface area contributed by atoms with Crippen molar-refractivity contribution in [2.75, 3.05) is 0 Å². The number of benzene rings is 1. The third kappa shape index (κ3) is 3.02. The van der Waals surface area contributed by atoms with E-state index in [0.717, 1.165) is 37.7 Å².